The molecule has 1 saturated heterocycles. The Balaban J connectivity index is 2.09. The molecule has 1 atom stereocenters. The number of benzene rings is 1. The summed E-state index contributed by atoms with van der Waals surface area (Å²) in [6, 6.07) is 4.13. The fourth-order valence-corrected chi connectivity index (χ4v) is 2.96. The molecule has 1 fully saturated rings. The number of piperidine rings is 1. The van der Waals surface area contributed by atoms with Crippen LogP contribution < -0.4 is 5.32 Å². The third kappa shape index (κ3) is 2.77. The topological polar surface area (TPSA) is 32.3 Å². The first-order chi connectivity index (χ1) is 7.66. The summed E-state index contributed by atoms with van der Waals surface area (Å²) in [4.78, 5) is 0. The number of phenolic OH excluding ortho intramolecular Hbond substituents is 1. The highest BCUT2D eigenvalue weighted by Crippen LogP contribution is 2.30. The summed E-state index contributed by atoms with van der Waals surface area (Å²) in [5.74, 6) is 1.11. The predicted octanol–water partition coefficient (Wildman–Crippen LogP) is 3.01. The van der Waals surface area contributed by atoms with Crippen LogP contribution in [0.15, 0.2) is 16.6 Å². The minimum absolute atomic E-state index is 0.366. The average Bonchev–Trinajstić information content (AvgIpc) is 2.27. The molecule has 1 aliphatic heterocycles. The van der Waals surface area contributed by atoms with E-state index in [2.05, 4.69) is 27.3 Å². The number of nitrogens with one attached hydrogen (secondary N) is 1. The SMILES string of the molecule is Cc1cc(CC2CCCNC2)cc(Br)c1O. The van der Waals surface area contributed by atoms with Crippen LogP contribution in [0.25, 0.3) is 0 Å². The molecule has 3 heteroatoms. The third-order valence-corrected chi connectivity index (χ3v) is 3.84. The molecule has 16 heavy (non-hydrogen) atoms. The second-order valence-electron chi connectivity index (χ2n) is 4.66. The van der Waals surface area contributed by atoms with Crippen molar-refractivity contribution >= 4 is 15.9 Å². The van der Waals surface area contributed by atoms with Gasteiger partial charge in [0.05, 0.1) is 4.47 Å². The molecule has 1 aromatic rings. The molecule has 0 saturated carbocycles. The summed E-state index contributed by atoms with van der Waals surface area (Å²) in [7, 11) is 0. The molecule has 2 nitrogen and oxygen atoms in total. The fourth-order valence-electron chi connectivity index (χ4n) is 2.36. The van der Waals surface area contributed by atoms with Gasteiger partial charge in [-0.3, -0.25) is 0 Å². The number of aromatic hydroxyl groups is 1. The van der Waals surface area contributed by atoms with Crippen molar-refractivity contribution in [1.29, 1.82) is 0 Å². The van der Waals surface area contributed by atoms with Gasteiger partial charge in [0.1, 0.15) is 5.75 Å². The quantitative estimate of drug-likeness (QED) is 0.875. The molecule has 0 spiro atoms. The van der Waals surface area contributed by atoms with Crippen molar-refractivity contribution in [2.24, 2.45) is 5.92 Å². The van der Waals surface area contributed by atoms with Crippen molar-refractivity contribution in [3.63, 3.8) is 0 Å². The van der Waals surface area contributed by atoms with Gasteiger partial charge in [-0.05, 0) is 78.3 Å². The van der Waals surface area contributed by atoms with Gasteiger partial charge in [0.15, 0.2) is 0 Å². The van der Waals surface area contributed by atoms with Crippen molar-refractivity contribution in [2.75, 3.05) is 13.1 Å². The Morgan fingerprint density at radius 2 is 2.31 bits per heavy atom. The number of phenols is 1. The molecule has 1 heterocycles. The number of hydrogen-bond acceptors (Lipinski definition) is 2. The van der Waals surface area contributed by atoms with E-state index in [0.29, 0.717) is 5.75 Å². The van der Waals surface area contributed by atoms with E-state index in [1.807, 2.05) is 13.0 Å². The molecule has 0 bridgehead atoms. The van der Waals surface area contributed by atoms with Crippen molar-refractivity contribution < 1.29 is 5.11 Å². The van der Waals surface area contributed by atoms with Crippen LogP contribution >= 0.6 is 15.9 Å². The zero-order valence-corrected chi connectivity index (χ0v) is 11.2. The Hall–Kier alpha value is -0.540. The van der Waals surface area contributed by atoms with Crippen molar-refractivity contribution in [3.8, 4) is 5.75 Å². The van der Waals surface area contributed by atoms with Crippen LogP contribution in [-0.4, -0.2) is 18.2 Å². The van der Waals surface area contributed by atoms with E-state index in [-0.39, 0.29) is 0 Å². The van der Waals surface area contributed by atoms with Gasteiger partial charge in [-0.2, -0.15) is 0 Å². The first-order valence-corrected chi connectivity index (χ1v) is 6.65. The maximum absolute atomic E-state index is 9.68. The fraction of sp³-hybridized carbons (Fsp3) is 0.538. The van der Waals surface area contributed by atoms with E-state index in [9.17, 15) is 5.11 Å². The van der Waals surface area contributed by atoms with E-state index >= 15 is 0 Å². The largest absolute Gasteiger partial charge is 0.506 e. The van der Waals surface area contributed by atoms with Crippen molar-refractivity contribution in [1.82, 2.24) is 5.32 Å². The third-order valence-electron chi connectivity index (χ3n) is 3.24. The van der Waals surface area contributed by atoms with Crippen LogP contribution in [0.2, 0.25) is 0 Å². The molecular formula is C13H18BrNO. The molecule has 0 radical (unpaired) electrons. The predicted molar refractivity (Wildman–Crippen MR) is 69.8 cm³/mol. The first kappa shape index (κ1) is 11.9. The maximum atomic E-state index is 9.68. The number of halogens is 1. The Morgan fingerprint density at radius 1 is 1.50 bits per heavy atom. The lowest BCUT2D eigenvalue weighted by atomic mass is 9.92. The molecule has 88 valence electrons. The van der Waals surface area contributed by atoms with E-state index < -0.39 is 0 Å². The molecule has 0 amide bonds. The first-order valence-electron chi connectivity index (χ1n) is 5.85. The van der Waals surface area contributed by atoms with E-state index in [4.69, 9.17) is 0 Å². The molecule has 0 aromatic heterocycles. The lowest BCUT2D eigenvalue weighted by Gasteiger charge is -2.23. The van der Waals surface area contributed by atoms with Gasteiger partial charge >= 0.3 is 0 Å². The summed E-state index contributed by atoms with van der Waals surface area (Å²) in [5, 5.41) is 13.1. The lowest BCUT2D eigenvalue weighted by molar-refractivity contribution is 0.376. The summed E-state index contributed by atoms with van der Waals surface area (Å²) in [5.41, 5.74) is 2.27. The molecule has 2 rings (SSSR count). The smallest absolute Gasteiger partial charge is 0.132 e. The summed E-state index contributed by atoms with van der Waals surface area (Å²) >= 11 is 3.40. The van der Waals surface area contributed by atoms with E-state index in [1.165, 1.54) is 18.4 Å². The summed E-state index contributed by atoms with van der Waals surface area (Å²) in [6.07, 6.45) is 3.69. The Bertz CT molecular complexity index is 349. The molecule has 1 aliphatic rings. The second kappa shape index (κ2) is 5.19. The Kier molecular flexibility index (Phi) is 3.87. The molecule has 1 unspecified atom stereocenters. The monoisotopic (exact) mass is 283 g/mol. The second-order valence-corrected chi connectivity index (χ2v) is 5.51. The number of aryl methyl sites for hydroxylation is 1. The van der Waals surface area contributed by atoms with Crippen LogP contribution in [0.5, 0.6) is 5.75 Å². The van der Waals surface area contributed by atoms with Crippen LogP contribution in [0.3, 0.4) is 0 Å². The van der Waals surface area contributed by atoms with Crippen molar-refractivity contribution in [2.45, 2.75) is 26.2 Å². The van der Waals surface area contributed by atoms with E-state index in [1.54, 1.807) is 0 Å². The van der Waals surface area contributed by atoms with Gasteiger partial charge in [0.2, 0.25) is 0 Å². The molecule has 0 aliphatic carbocycles. The molecule has 2 N–H and O–H groups in total. The van der Waals surface area contributed by atoms with Gasteiger partial charge in [0.25, 0.3) is 0 Å². The highest BCUT2D eigenvalue weighted by molar-refractivity contribution is 9.10. The maximum Gasteiger partial charge on any atom is 0.132 e. The highest BCUT2D eigenvalue weighted by atomic mass is 79.9. The van der Waals surface area contributed by atoms with Crippen LogP contribution in [-0.2, 0) is 6.42 Å². The molecule has 1 aromatic carbocycles. The van der Waals surface area contributed by atoms with Crippen LogP contribution in [0.1, 0.15) is 24.0 Å². The summed E-state index contributed by atoms with van der Waals surface area (Å²) < 4.78 is 0.811. The Labute approximate surface area is 105 Å². The molecular weight excluding hydrogens is 266 g/mol. The van der Waals surface area contributed by atoms with Crippen LogP contribution in [0.4, 0.5) is 0 Å². The zero-order chi connectivity index (χ0) is 11.5. The minimum Gasteiger partial charge on any atom is -0.506 e. The average molecular weight is 284 g/mol. The van der Waals surface area contributed by atoms with Crippen molar-refractivity contribution in [3.05, 3.63) is 27.7 Å². The normalized spacial score (nSPS) is 21.0. The standard InChI is InChI=1S/C13H18BrNO/c1-9-5-11(7-12(14)13(9)16)6-10-3-2-4-15-8-10/h5,7,10,15-16H,2-4,6,8H2,1H3. The minimum atomic E-state index is 0.366. The van der Waals surface area contributed by atoms with Crippen LogP contribution in [0, 0.1) is 12.8 Å². The number of hydrogen-bond donors (Lipinski definition) is 2. The van der Waals surface area contributed by atoms with Gasteiger partial charge < -0.3 is 10.4 Å². The van der Waals surface area contributed by atoms with Gasteiger partial charge in [0, 0.05) is 0 Å². The number of rotatable bonds is 2. The van der Waals surface area contributed by atoms with Gasteiger partial charge in [-0.15, -0.1) is 0 Å². The highest BCUT2D eigenvalue weighted by Gasteiger charge is 2.14. The van der Waals surface area contributed by atoms with Gasteiger partial charge in [-0.25, -0.2) is 0 Å². The zero-order valence-electron chi connectivity index (χ0n) is 9.59. The Morgan fingerprint density at radius 3 is 2.94 bits per heavy atom. The summed E-state index contributed by atoms with van der Waals surface area (Å²) in [6.45, 7) is 4.23. The van der Waals surface area contributed by atoms with Gasteiger partial charge in [-0.1, -0.05) is 6.07 Å². The van der Waals surface area contributed by atoms with E-state index in [0.717, 1.165) is 35.5 Å². The lowest BCUT2D eigenvalue weighted by Crippen LogP contribution is -2.30.